The van der Waals surface area contributed by atoms with E-state index in [4.69, 9.17) is 4.74 Å². The van der Waals surface area contributed by atoms with E-state index in [0.717, 1.165) is 12.8 Å². The van der Waals surface area contributed by atoms with Crippen LogP contribution in [0.1, 0.15) is 163 Å². The summed E-state index contributed by atoms with van der Waals surface area (Å²) in [5.74, 6) is 0. The molecular formula is C30H61NO. The van der Waals surface area contributed by atoms with Gasteiger partial charge in [-0.3, -0.25) is 4.90 Å². The molecule has 1 aliphatic rings. The summed E-state index contributed by atoms with van der Waals surface area (Å²) in [6, 6.07) is 0. The molecule has 0 bridgehead atoms. The van der Waals surface area contributed by atoms with Crippen LogP contribution in [-0.2, 0) is 4.74 Å². The fraction of sp³-hybridized carbons (Fsp3) is 1.00. The molecule has 2 nitrogen and oxygen atoms in total. The summed E-state index contributed by atoms with van der Waals surface area (Å²) in [6.07, 6.45) is 28.8. The first-order chi connectivity index (χ1) is 15.3. The van der Waals surface area contributed by atoms with Crippen molar-refractivity contribution in [2.45, 2.75) is 180 Å². The van der Waals surface area contributed by atoms with Gasteiger partial charge in [-0.15, -0.1) is 0 Å². The van der Waals surface area contributed by atoms with Gasteiger partial charge in [-0.05, 0) is 53.5 Å². The lowest BCUT2D eigenvalue weighted by Gasteiger charge is -2.55. The number of piperidine rings is 1. The predicted molar refractivity (Wildman–Crippen MR) is 144 cm³/mol. The molecule has 1 aliphatic heterocycles. The Balaban J connectivity index is 1.91. The quantitative estimate of drug-likeness (QED) is 0.171. The summed E-state index contributed by atoms with van der Waals surface area (Å²) in [4.78, 5) is 2.77. The molecule has 32 heavy (non-hydrogen) atoms. The zero-order valence-corrected chi connectivity index (χ0v) is 23.3. The largest absolute Gasteiger partial charge is 0.381 e. The van der Waals surface area contributed by atoms with Crippen LogP contribution in [0.3, 0.4) is 0 Å². The predicted octanol–water partition coefficient (Wildman–Crippen LogP) is 9.70. The second-order valence-corrected chi connectivity index (χ2v) is 12.1. The molecule has 1 saturated heterocycles. The van der Waals surface area contributed by atoms with Crippen LogP contribution in [0.4, 0.5) is 0 Å². The van der Waals surface area contributed by atoms with E-state index in [2.05, 4.69) is 39.5 Å². The monoisotopic (exact) mass is 451 g/mol. The average Bonchev–Trinajstić information content (AvgIpc) is 2.73. The SMILES string of the molecule is CCCCCCCCCCCCCCCCCCCCN1C(C)(C)CC(OC)CC1(C)C. The molecular weight excluding hydrogens is 390 g/mol. The highest BCUT2D eigenvalue weighted by molar-refractivity contribution is 5.00. The third-order valence-electron chi connectivity index (χ3n) is 7.98. The summed E-state index contributed by atoms with van der Waals surface area (Å²) in [7, 11) is 1.88. The molecule has 0 aromatic heterocycles. The summed E-state index contributed by atoms with van der Waals surface area (Å²) in [5, 5.41) is 0. The van der Waals surface area contributed by atoms with Gasteiger partial charge >= 0.3 is 0 Å². The Morgan fingerprint density at radius 1 is 0.562 bits per heavy atom. The van der Waals surface area contributed by atoms with Crippen molar-refractivity contribution in [2.75, 3.05) is 13.7 Å². The highest BCUT2D eigenvalue weighted by Gasteiger charge is 2.44. The van der Waals surface area contributed by atoms with Crippen LogP contribution < -0.4 is 0 Å². The van der Waals surface area contributed by atoms with Crippen LogP contribution >= 0.6 is 0 Å². The van der Waals surface area contributed by atoms with Crippen molar-refractivity contribution in [3.63, 3.8) is 0 Å². The van der Waals surface area contributed by atoms with Crippen molar-refractivity contribution < 1.29 is 4.74 Å². The van der Waals surface area contributed by atoms with E-state index >= 15 is 0 Å². The van der Waals surface area contributed by atoms with Crippen molar-refractivity contribution in [3.8, 4) is 0 Å². The molecule has 0 amide bonds. The Morgan fingerprint density at radius 3 is 1.19 bits per heavy atom. The van der Waals surface area contributed by atoms with Gasteiger partial charge in [0.25, 0.3) is 0 Å². The first-order valence-corrected chi connectivity index (χ1v) is 14.6. The standard InChI is InChI=1S/C30H61NO/c1-7-8-9-10-11-12-13-14-15-16-17-18-19-20-21-22-23-24-25-31-29(2,3)26-28(32-6)27-30(31,4)5/h28H,7-27H2,1-6H3. The summed E-state index contributed by atoms with van der Waals surface area (Å²) in [5.41, 5.74) is 0.494. The minimum absolute atomic E-state index is 0.247. The summed E-state index contributed by atoms with van der Waals surface area (Å²) < 4.78 is 5.73. The molecule has 1 heterocycles. The molecule has 1 rings (SSSR count). The maximum Gasteiger partial charge on any atom is 0.0606 e. The minimum Gasteiger partial charge on any atom is -0.381 e. The van der Waals surface area contributed by atoms with E-state index in [9.17, 15) is 0 Å². The van der Waals surface area contributed by atoms with Gasteiger partial charge in [0.15, 0.2) is 0 Å². The zero-order chi connectivity index (χ0) is 23.7. The molecule has 0 radical (unpaired) electrons. The maximum atomic E-state index is 5.73. The van der Waals surface area contributed by atoms with Gasteiger partial charge in [0.05, 0.1) is 6.10 Å². The van der Waals surface area contributed by atoms with Gasteiger partial charge in [-0.25, -0.2) is 0 Å². The Morgan fingerprint density at radius 2 is 0.875 bits per heavy atom. The molecule has 0 spiro atoms. The van der Waals surface area contributed by atoms with E-state index in [1.807, 2.05) is 7.11 Å². The lowest BCUT2D eigenvalue weighted by Crippen LogP contribution is -2.62. The Labute approximate surface area is 203 Å². The first-order valence-electron chi connectivity index (χ1n) is 14.6. The number of nitrogens with zero attached hydrogens (tertiary/aromatic N) is 1. The fourth-order valence-corrected chi connectivity index (χ4v) is 6.17. The van der Waals surface area contributed by atoms with Crippen LogP contribution in [-0.4, -0.2) is 35.7 Å². The van der Waals surface area contributed by atoms with Crippen LogP contribution in [0.25, 0.3) is 0 Å². The normalized spacial score (nSPS) is 18.9. The molecule has 192 valence electrons. The number of unbranched alkanes of at least 4 members (excludes halogenated alkanes) is 17. The van der Waals surface area contributed by atoms with Crippen molar-refractivity contribution in [1.82, 2.24) is 4.90 Å². The van der Waals surface area contributed by atoms with E-state index in [-0.39, 0.29) is 11.1 Å². The number of rotatable bonds is 20. The lowest BCUT2D eigenvalue weighted by atomic mass is 9.78. The number of hydrogen-bond acceptors (Lipinski definition) is 2. The minimum atomic E-state index is 0.247. The zero-order valence-electron chi connectivity index (χ0n) is 23.3. The van der Waals surface area contributed by atoms with Crippen LogP contribution in [0.5, 0.6) is 0 Å². The molecule has 0 atom stereocenters. The van der Waals surface area contributed by atoms with Gasteiger partial charge < -0.3 is 4.74 Å². The molecule has 1 fully saturated rings. The highest BCUT2D eigenvalue weighted by Crippen LogP contribution is 2.39. The summed E-state index contributed by atoms with van der Waals surface area (Å²) in [6.45, 7) is 13.2. The van der Waals surface area contributed by atoms with Crippen molar-refractivity contribution in [2.24, 2.45) is 0 Å². The molecule has 0 saturated carbocycles. The Kier molecular flexibility index (Phi) is 16.3. The van der Waals surface area contributed by atoms with Gasteiger partial charge in [0.2, 0.25) is 0 Å². The molecule has 2 heteroatoms. The number of ether oxygens (including phenoxy) is 1. The fourth-order valence-electron chi connectivity index (χ4n) is 6.17. The van der Waals surface area contributed by atoms with Crippen molar-refractivity contribution in [3.05, 3.63) is 0 Å². The van der Waals surface area contributed by atoms with Crippen LogP contribution in [0.2, 0.25) is 0 Å². The number of hydrogen-bond donors (Lipinski definition) is 0. The number of methoxy groups -OCH3 is 1. The van der Waals surface area contributed by atoms with Crippen LogP contribution in [0.15, 0.2) is 0 Å². The molecule has 0 aliphatic carbocycles. The van der Waals surface area contributed by atoms with Crippen LogP contribution in [0, 0.1) is 0 Å². The highest BCUT2D eigenvalue weighted by atomic mass is 16.5. The lowest BCUT2D eigenvalue weighted by molar-refractivity contribution is -0.0930. The summed E-state index contributed by atoms with van der Waals surface area (Å²) >= 11 is 0. The third-order valence-corrected chi connectivity index (χ3v) is 7.98. The van der Waals surface area contributed by atoms with E-state index in [1.165, 1.54) is 122 Å². The van der Waals surface area contributed by atoms with E-state index in [1.54, 1.807) is 0 Å². The van der Waals surface area contributed by atoms with E-state index < -0.39 is 0 Å². The smallest absolute Gasteiger partial charge is 0.0606 e. The average molecular weight is 452 g/mol. The molecule has 0 aromatic rings. The first kappa shape index (κ1) is 30.0. The van der Waals surface area contributed by atoms with Gasteiger partial charge in [-0.2, -0.15) is 0 Å². The second kappa shape index (κ2) is 17.4. The Bertz CT molecular complexity index is 413. The second-order valence-electron chi connectivity index (χ2n) is 12.1. The topological polar surface area (TPSA) is 12.5 Å². The third kappa shape index (κ3) is 13.0. The number of likely N-dealkylation sites (tertiary alicyclic amines) is 1. The molecule has 0 aromatic carbocycles. The molecule has 0 unspecified atom stereocenters. The van der Waals surface area contributed by atoms with E-state index in [0.29, 0.717) is 6.10 Å². The van der Waals surface area contributed by atoms with Gasteiger partial charge in [-0.1, -0.05) is 116 Å². The Hall–Kier alpha value is -0.0800. The van der Waals surface area contributed by atoms with Crippen molar-refractivity contribution >= 4 is 0 Å². The molecule has 0 N–H and O–H groups in total. The van der Waals surface area contributed by atoms with Crippen molar-refractivity contribution in [1.29, 1.82) is 0 Å². The van der Waals surface area contributed by atoms with Gasteiger partial charge in [0.1, 0.15) is 0 Å². The maximum absolute atomic E-state index is 5.73. The van der Waals surface area contributed by atoms with Gasteiger partial charge in [0, 0.05) is 18.2 Å².